The number of hydrogen-bond acceptors (Lipinski definition) is 7. The van der Waals surface area contributed by atoms with E-state index in [-0.39, 0.29) is 4.91 Å². The fourth-order valence-electron chi connectivity index (χ4n) is 3.05. The highest BCUT2D eigenvalue weighted by molar-refractivity contribution is 14.1. The molecule has 7 nitrogen and oxygen atoms in total. The summed E-state index contributed by atoms with van der Waals surface area (Å²) >= 11 is 9.47. The number of benzene rings is 2. The summed E-state index contributed by atoms with van der Waals surface area (Å²) in [6, 6.07) is 10.2. The van der Waals surface area contributed by atoms with Crippen molar-refractivity contribution in [1.29, 1.82) is 0 Å². The topological polar surface area (TPSA) is 82.1 Å². The Hall–Kier alpha value is -2.24. The Morgan fingerprint density at radius 1 is 1.21 bits per heavy atom. The molecular formula is C23H21ClINO6S. The van der Waals surface area contributed by atoms with Gasteiger partial charge in [-0.15, -0.1) is 0 Å². The Morgan fingerprint density at radius 3 is 2.55 bits per heavy atom. The molecule has 2 amide bonds. The molecule has 0 aliphatic carbocycles. The molecule has 10 heteroatoms. The van der Waals surface area contributed by atoms with Gasteiger partial charge in [0, 0.05) is 3.57 Å². The summed E-state index contributed by atoms with van der Waals surface area (Å²) in [5, 5.41) is -0.238. The highest BCUT2D eigenvalue weighted by Gasteiger charge is 2.41. The molecule has 0 unspecified atom stereocenters. The lowest BCUT2D eigenvalue weighted by molar-refractivity contribution is -0.148. The number of ether oxygens (including phenoxy) is 3. The monoisotopic (exact) mass is 601 g/mol. The minimum absolute atomic E-state index is 0.168. The van der Waals surface area contributed by atoms with Crippen molar-refractivity contribution in [2.24, 2.45) is 0 Å². The van der Waals surface area contributed by atoms with Crippen LogP contribution in [-0.4, -0.2) is 41.8 Å². The number of halogens is 2. The van der Waals surface area contributed by atoms with Gasteiger partial charge in [0.15, 0.2) is 11.5 Å². The van der Waals surface area contributed by atoms with Crippen LogP contribution in [-0.2, 0) is 20.9 Å². The molecule has 1 fully saturated rings. The lowest BCUT2D eigenvalue weighted by atomic mass is 10.1. The maximum absolute atomic E-state index is 12.7. The van der Waals surface area contributed by atoms with Crippen molar-refractivity contribution in [2.45, 2.75) is 26.5 Å². The third-order valence-electron chi connectivity index (χ3n) is 4.68. The highest BCUT2D eigenvalue weighted by atomic mass is 127. The second kappa shape index (κ2) is 11.3. The summed E-state index contributed by atoms with van der Waals surface area (Å²) in [7, 11) is 1.20. The molecule has 0 radical (unpaired) electrons. The summed E-state index contributed by atoms with van der Waals surface area (Å²) in [5.74, 6) is -0.434. The van der Waals surface area contributed by atoms with Crippen LogP contribution < -0.4 is 9.47 Å². The Kier molecular flexibility index (Phi) is 8.66. The molecular weight excluding hydrogens is 581 g/mol. The largest absolute Gasteiger partial charge is 0.490 e. The second-order valence-electron chi connectivity index (χ2n) is 6.93. The van der Waals surface area contributed by atoms with Crippen molar-refractivity contribution in [1.82, 2.24) is 4.90 Å². The number of imide groups is 1. The first-order chi connectivity index (χ1) is 15.7. The number of esters is 1. The van der Waals surface area contributed by atoms with Crippen LogP contribution in [0.2, 0.25) is 5.02 Å². The molecule has 1 atom stereocenters. The smallest absolute Gasteiger partial charge is 0.328 e. The van der Waals surface area contributed by atoms with Crippen molar-refractivity contribution >= 4 is 69.1 Å². The summed E-state index contributed by atoms with van der Waals surface area (Å²) < 4.78 is 17.4. The van der Waals surface area contributed by atoms with Crippen molar-refractivity contribution < 1.29 is 28.6 Å². The van der Waals surface area contributed by atoms with E-state index >= 15 is 0 Å². The molecule has 0 aromatic heterocycles. The SMILES string of the molecule is CCOc1cc(/C=C2/SC(=O)N([C@@H](C)C(=O)OC)C2=O)cc(Cl)c1OCc1ccc(I)cc1. The molecule has 1 aliphatic rings. The van der Waals surface area contributed by atoms with E-state index in [1.54, 1.807) is 12.1 Å². The average molecular weight is 602 g/mol. The minimum Gasteiger partial charge on any atom is -0.490 e. The lowest BCUT2D eigenvalue weighted by Gasteiger charge is -2.18. The first kappa shape index (κ1) is 25.4. The van der Waals surface area contributed by atoms with Crippen LogP contribution in [0.25, 0.3) is 6.08 Å². The second-order valence-corrected chi connectivity index (χ2v) is 9.58. The Labute approximate surface area is 214 Å². The standard InChI is InChI=1S/C23H21ClINO6S/c1-4-31-18-10-15(9-17(24)20(18)32-12-14-5-7-16(25)8-6-14)11-19-21(27)26(23(29)33-19)13(2)22(28)30-3/h5-11,13H,4,12H2,1-3H3/b19-11+/t13-/m0/s1. The quantitative estimate of drug-likeness (QED) is 0.224. The van der Waals surface area contributed by atoms with Gasteiger partial charge in [0.05, 0.1) is 23.6 Å². The Balaban J connectivity index is 1.86. The number of carbonyl (C=O) groups is 3. The van der Waals surface area contributed by atoms with E-state index in [9.17, 15) is 14.4 Å². The molecule has 3 rings (SSSR count). The van der Waals surface area contributed by atoms with E-state index < -0.39 is 23.2 Å². The van der Waals surface area contributed by atoms with Gasteiger partial charge < -0.3 is 14.2 Å². The summed E-state index contributed by atoms with van der Waals surface area (Å²) in [4.78, 5) is 37.9. The molecule has 1 aliphatic heterocycles. The molecule has 2 aromatic carbocycles. The summed E-state index contributed by atoms with van der Waals surface area (Å²) in [6.07, 6.45) is 1.53. The van der Waals surface area contributed by atoms with Gasteiger partial charge >= 0.3 is 5.97 Å². The summed E-state index contributed by atoms with van der Waals surface area (Å²) in [6.45, 7) is 3.96. The first-order valence-corrected chi connectivity index (χ1v) is 12.2. The third-order valence-corrected chi connectivity index (χ3v) is 6.56. The molecule has 0 spiro atoms. The zero-order valence-corrected chi connectivity index (χ0v) is 21.8. The fourth-order valence-corrected chi connectivity index (χ4v) is 4.59. The van der Waals surface area contributed by atoms with Crippen LogP contribution in [0.3, 0.4) is 0 Å². The molecule has 0 saturated carbocycles. The van der Waals surface area contributed by atoms with Crippen molar-refractivity contribution in [3.63, 3.8) is 0 Å². The number of carbonyl (C=O) groups excluding carboxylic acids is 3. The number of rotatable bonds is 8. The van der Waals surface area contributed by atoms with Gasteiger partial charge in [-0.2, -0.15) is 0 Å². The number of methoxy groups -OCH3 is 1. The minimum atomic E-state index is -1.02. The normalized spacial score (nSPS) is 15.7. The van der Waals surface area contributed by atoms with Gasteiger partial charge in [0.1, 0.15) is 12.6 Å². The average Bonchev–Trinajstić information content (AvgIpc) is 3.06. The number of hydrogen-bond donors (Lipinski definition) is 0. The predicted octanol–water partition coefficient (Wildman–Crippen LogP) is 5.52. The molecule has 1 heterocycles. The zero-order chi connectivity index (χ0) is 24.1. The van der Waals surface area contributed by atoms with Crippen molar-refractivity contribution in [2.75, 3.05) is 13.7 Å². The lowest BCUT2D eigenvalue weighted by Crippen LogP contribution is -2.42. The zero-order valence-electron chi connectivity index (χ0n) is 18.1. The number of thioether (sulfide) groups is 1. The molecule has 33 heavy (non-hydrogen) atoms. The van der Waals surface area contributed by atoms with Crippen molar-refractivity contribution in [3.05, 3.63) is 61.0 Å². The van der Waals surface area contributed by atoms with E-state index in [1.807, 2.05) is 31.2 Å². The van der Waals surface area contributed by atoms with E-state index in [2.05, 4.69) is 27.3 Å². The maximum Gasteiger partial charge on any atom is 0.328 e. The van der Waals surface area contributed by atoms with Crippen molar-refractivity contribution in [3.8, 4) is 11.5 Å². The van der Waals surface area contributed by atoms with E-state index in [1.165, 1.54) is 20.1 Å². The number of nitrogens with zero attached hydrogens (tertiary/aromatic N) is 1. The Morgan fingerprint density at radius 2 is 1.91 bits per heavy atom. The van der Waals surface area contributed by atoms with Crippen LogP contribution >= 0.6 is 46.0 Å². The third kappa shape index (κ3) is 6.01. The van der Waals surface area contributed by atoms with Crippen LogP contribution in [0.1, 0.15) is 25.0 Å². The van der Waals surface area contributed by atoms with Crippen LogP contribution in [0.4, 0.5) is 4.79 Å². The number of amides is 2. The Bertz CT molecular complexity index is 1100. The summed E-state index contributed by atoms with van der Waals surface area (Å²) in [5.41, 5.74) is 1.53. The molecule has 174 valence electrons. The van der Waals surface area contributed by atoms with E-state index in [0.717, 1.165) is 25.8 Å². The van der Waals surface area contributed by atoms with Crippen LogP contribution in [0.15, 0.2) is 41.3 Å². The molecule has 0 bridgehead atoms. The van der Waals surface area contributed by atoms with Gasteiger partial charge in [-0.05, 0) is 89.7 Å². The van der Waals surface area contributed by atoms with E-state index in [0.29, 0.717) is 35.3 Å². The van der Waals surface area contributed by atoms with Crippen LogP contribution in [0.5, 0.6) is 11.5 Å². The highest BCUT2D eigenvalue weighted by Crippen LogP contribution is 2.40. The van der Waals surface area contributed by atoms with E-state index in [4.69, 9.17) is 21.1 Å². The van der Waals surface area contributed by atoms with Gasteiger partial charge in [0.2, 0.25) is 0 Å². The fraction of sp³-hybridized carbons (Fsp3) is 0.261. The molecule has 2 aromatic rings. The van der Waals surface area contributed by atoms with Gasteiger partial charge in [0.25, 0.3) is 11.1 Å². The van der Waals surface area contributed by atoms with Gasteiger partial charge in [-0.1, -0.05) is 23.7 Å². The molecule has 1 saturated heterocycles. The van der Waals surface area contributed by atoms with Crippen LogP contribution in [0, 0.1) is 3.57 Å². The predicted molar refractivity (Wildman–Crippen MR) is 135 cm³/mol. The maximum atomic E-state index is 12.7. The van der Waals surface area contributed by atoms with Gasteiger partial charge in [-0.25, -0.2) is 4.79 Å². The molecule has 0 N–H and O–H groups in total. The first-order valence-electron chi connectivity index (χ1n) is 9.93. The van der Waals surface area contributed by atoms with Gasteiger partial charge in [-0.3, -0.25) is 14.5 Å².